The van der Waals surface area contributed by atoms with Gasteiger partial charge in [0.15, 0.2) is 5.69 Å². The van der Waals surface area contributed by atoms with E-state index in [1.54, 1.807) is 24.3 Å². The third kappa shape index (κ3) is 2.75. The van der Waals surface area contributed by atoms with Gasteiger partial charge in [-0.2, -0.15) is 0 Å². The Bertz CT molecular complexity index is 829. The van der Waals surface area contributed by atoms with Crippen molar-refractivity contribution in [3.05, 3.63) is 63.7 Å². The van der Waals surface area contributed by atoms with E-state index in [1.807, 2.05) is 24.3 Å². The summed E-state index contributed by atoms with van der Waals surface area (Å²) >= 11 is 9.25. The van der Waals surface area contributed by atoms with E-state index >= 15 is 0 Å². The van der Waals surface area contributed by atoms with Gasteiger partial charge in [0.2, 0.25) is 0 Å². The van der Waals surface area contributed by atoms with Crippen LogP contribution in [0.3, 0.4) is 0 Å². The van der Waals surface area contributed by atoms with Crippen LogP contribution in [0.5, 0.6) is 0 Å². The Morgan fingerprint density at radius 2 is 1.73 bits per heavy atom. The van der Waals surface area contributed by atoms with Gasteiger partial charge in [-0.3, -0.25) is 0 Å². The topological polar surface area (TPSA) is 68.0 Å². The molecule has 0 aliphatic rings. The fraction of sp³-hybridized carbons (Fsp3) is 0. The Balaban J connectivity index is 2.21. The first-order chi connectivity index (χ1) is 10.6. The standard InChI is InChI=1S/C15H9BrClN3O2/c16-10-3-7-12(8-4-10)20-14(13(15(21)22)18-19-20)9-1-5-11(17)6-2-9/h1-8H,(H,21,22). The number of benzene rings is 2. The molecular formula is C15H9BrClN3O2. The van der Waals surface area contributed by atoms with Crippen molar-refractivity contribution < 1.29 is 9.90 Å². The van der Waals surface area contributed by atoms with Gasteiger partial charge in [0.05, 0.1) is 5.69 Å². The van der Waals surface area contributed by atoms with Crippen molar-refractivity contribution in [2.24, 2.45) is 0 Å². The lowest BCUT2D eigenvalue weighted by molar-refractivity contribution is 0.0691. The van der Waals surface area contributed by atoms with Crippen LogP contribution >= 0.6 is 27.5 Å². The van der Waals surface area contributed by atoms with Crippen molar-refractivity contribution in [3.8, 4) is 16.9 Å². The minimum atomic E-state index is -1.13. The normalized spacial score (nSPS) is 10.6. The van der Waals surface area contributed by atoms with Crippen LogP contribution in [0.1, 0.15) is 10.5 Å². The molecule has 0 amide bonds. The molecule has 5 nitrogen and oxygen atoms in total. The maximum absolute atomic E-state index is 11.4. The summed E-state index contributed by atoms with van der Waals surface area (Å²) in [5.41, 5.74) is 1.69. The molecule has 0 radical (unpaired) electrons. The highest BCUT2D eigenvalue weighted by Gasteiger charge is 2.21. The van der Waals surface area contributed by atoms with E-state index in [4.69, 9.17) is 11.6 Å². The molecule has 110 valence electrons. The van der Waals surface area contributed by atoms with Gasteiger partial charge in [-0.25, -0.2) is 9.48 Å². The van der Waals surface area contributed by atoms with Crippen molar-refractivity contribution in [3.63, 3.8) is 0 Å². The number of carboxylic acids is 1. The minimum absolute atomic E-state index is 0.106. The average Bonchev–Trinajstić information content (AvgIpc) is 2.94. The van der Waals surface area contributed by atoms with Crippen molar-refractivity contribution in [1.29, 1.82) is 0 Å². The SMILES string of the molecule is O=C(O)c1nnn(-c2ccc(Br)cc2)c1-c1ccc(Cl)cc1. The smallest absolute Gasteiger partial charge is 0.358 e. The van der Waals surface area contributed by atoms with E-state index in [1.165, 1.54) is 4.68 Å². The number of hydrogen-bond acceptors (Lipinski definition) is 3. The van der Waals surface area contributed by atoms with Crippen LogP contribution in [-0.4, -0.2) is 26.1 Å². The van der Waals surface area contributed by atoms with Crippen LogP contribution in [0, 0.1) is 0 Å². The van der Waals surface area contributed by atoms with Gasteiger partial charge in [-0.1, -0.05) is 44.9 Å². The molecule has 22 heavy (non-hydrogen) atoms. The predicted molar refractivity (Wildman–Crippen MR) is 86.5 cm³/mol. The summed E-state index contributed by atoms with van der Waals surface area (Å²) in [4.78, 5) is 11.4. The quantitative estimate of drug-likeness (QED) is 0.746. The first-order valence-electron chi connectivity index (χ1n) is 6.27. The van der Waals surface area contributed by atoms with E-state index < -0.39 is 5.97 Å². The lowest BCUT2D eigenvalue weighted by Crippen LogP contribution is -2.03. The molecular weight excluding hydrogens is 370 g/mol. The molecule has 0 atom stereocenters. The summed E-state index contributed by atoms with van der Waals surface area (Å²) < 4.78 is 2.42. The van der Waals surface area contributed by atoms with Gasteiger partial charge in [-0.05, 0) is 36.4 Å². The zero-order valence-corrected chi connectivity index (χ0v) is 13.4. The molecule has 0 aliphatic heterocycles. The molecule has 3 rings (SSSR count). The summed E-state index contributed by atoms with van der Waals surface area (Å²) in [5, 5.41) is 17.7. The molecule has 1 aromatic heterocycles. The molecule has 1 N–H and O–H groups in total. The van der Waals surface area contributed by atoms with Crippen LogP contribution in [0.25, 0.3) is 16.9 Å². The van der Waals surface area contributed by atoms with Crippen molar-refractivity contribution >= 4 is 33.5 Å². The van der Waals surface area contributed by atoms with E-state index in [9.17, 15) is 9.90 Å². The molecule has 2 aromatic carbocycles. The largest absolute Gasteiger partial charge is 0.476 e. The Kier molecular flexibility index (Phi) is 3.96. The summed E-state index contributed by atoms with van der Waals surface area (Å²) in [6.07, 6.45) is 0. The van der Waals surface area contributed by atoms with Crippen molar-refractivity contribution in [2.75, 3.05) is 0 Å². The molecule has 0 saturated carbocycles. The highest BCUT2D eigenvalue weighted by atomic mass is 79.9. The Morgan fingerprint density at radius 3 is 2.32 bits per heavy atom. The Labute approximate surface area is 139 Å². The lowest BCUT2D eigenvalue weighted by Gasteiger charge is -2.07. The molecule has 0 unspecified atom stereocenters. The third-order valence-electron chi connectivity index (χ3n) is 3.06. The van der Waals surface area contributed by atoms with Crippen LogP contribution in [0.15, 0.2) is 53.0 Å². The first-order valence-corrected chi connectivity index (χ1v) is 7.44. The molecule has 1 heterocycles. The number of carbonyl (C=O) groups is 1. The zero-order valence-electron chi connectivity index (χ0n) is 11.1. The minimum Gasteiger partial charge on any atom is -0.476 e. The third-order valence-corrected chi connectivity index (χ3v) is 3.84. The molecule has 0 fully saturated rings. The number of halogens is 2. The number of carboxylic acid groups (broad SMARTS) is 1. The highest BCUT2D eigenvalue weighted by molar-refractivity contribution is 9.10. The van der Waals surface area contributed by atoms with Gasteiger partial charge in [0.25, 0.3) is 0 Å². The van der Waals surface area contributed by atoms with E-state index in [0.29, 0.717) is 22.0 Å². The maximum Gasteiger partial charge on any atom is 0.358 e. The second kappa shape index (κ2) is 5.90. The summed E-state index contributed by atoms with van der Waals surface area (Å²) in [7, 11) is 0. The fourth-order valence-corrected chi connectivity index (χ4v) is 2.45. The van der Waals surface area contributed by atoms with Gasteiger partial charge in [0.1, 0.15) is 5.69 Å². The number of nitrogens with zero attached hydrogens (tertiary/aromatic N) is 3. The maximum atomic E-state index is 11.4. The first kappa shape index (κ1) is 14.7. The predicted octanol–water partition coefficient (Wildman–Crippen LogP) is 4.05. The zero-order chi connectivity index (χ0) is 15.7. The number of rotatable bonds is 3. The molecule has 0 saturated heterocycles. The second-order valence-electron chi connectivity index (χ2n) is 4.49. The lowest BCUT2D eigenvalue weighted by atomic mass is 10.1. The van der Waals surface area contributed by atoms with Crippen LogP contribution in [0.4, 0.5) is 0 Å². The van der Waals surface area contributed by atoms with Crippen molar-refractivity contribution in [2.45, 2.75) is 0 Å². The van der Waals surface area contributed by atoms with E-state index in [0.717, 1.165) is 4.47 Å². The van der Waals surface area contributed by atoms with Crippen molar-refractivity contribution in [1.82, 2.24) is 15.0 Å². The number of aromatic nitrogens is 3. The van der Waals surface area contributed by atoms with Crippen LogP contribution in [-0.2, 0) is 0 Å². The molecule has 0 bridgehead atoms. The van der Waals surface area contributed by atoms with E-state index in [-0.39, 0.29) is 5.69 Å². The highest BCUT2D eigenvalue weighted by Crippen LogP contribution is 2.27. The molecule has 0 aliphatic carbocycles. The monoisotopic (exact) mass is 377 g/mol. The molecule has 7 heteroatoms. The summed E-state index contributed by atoms with van der Waals surface area (Å²) in [5.74, 6) is -1.13. The molecule has 0 spiro atoms. The van der Waals surface area contributed by atoms with Gasteiger partial charge >= 0.3 is 5.97 Å². The Morgan fingerprint density at radius 1 is 1.09 bits per heavy atom. The number of aromatic carboxylic acids is 1. The molecule has 3 aromatic rings. The van der Waals surface area contributed by atoms with Crippen LogP contribution in [0.2, 0.25) is 5.02 Å². The van der Waals surface area contributed by atoms with Gasteiger partial charge < -0.3 is 5.11 Å². The number of hydrogen-bond donors (Lipinski definition) is 1. The Hall–Kier alpha value is -2.18. The van der Waals surface area contributed by atoms with Gasteiger partial charge in [0, 0.05) is 15.1 Å². The van der Waals surface area contributed by atoms with E-state index in [2.05, 4.69) is 26.2 Å². The second-order valence-corrected chi connectivity index (χ2v) is 5.84. The van der Waals surface area contributed by atoms with Crippen LogP contribution < -0.4 is 0 Å². The summed E-state index contributed by atoms with van der Waals surface area (Å²) in [6, 6.07) is 14.2. The fourth-order valence-electron chi connectivity index (χ4n) is 2.06. The van der Waals surface area contributed by atoms with Gasteiger partial charge in [-0.15, -0.1) is 5.10 Å². The summed E-state index contributed by atoms with van der Waals surface area (Å²) in [6.45, 7) is 0. The average molecular weight is 379 g/mol.